The Labute approximate surface area is 142 Å². The summed E-state index contributed by atoms with van der Waals surface area (Å²) in [5.74, 6) is 0.862. The van der Waals surface area contributed by atoms with Gasteiger partial charge in [0.15, 0.2) is 5.96 Å². The van der Waals surface area contributed by atoms with Gasteiger partial charge in [0, 0.05) is 30.5 Å². The number of thiophene rings is 1. The summed E-state index contributed by atoms with van der Waals surface area (Å²) in [6, 6.07) is 4.60. The molecule has 4 nitrogen and oxygen atoms in total. The number of hydrogen-bond acceptors (Lipinski definition) is 3. The molecular formula is C14H24IN3OS. The van der Waals surface area contributed by atoms with Crippen molar-refractivity contribution in [1.29, 1.82) is 0 Å². The Morgan fingerprint density at radius 2 is 2.30 bits per heavy atom. The fraction of sp³-hybridized carbons (Fsp3) is 0.643. The van der Waals surface area contributed by atoms with Crippen LogP contribution < -0.4 is 10.6 Å². The van der Waals surface area contributed by atoms with Crippen molar-refractivity contribution in [1.82, 2.24) is 10.6 Å². The number of hydrogen-bond donors (Lipinski definition) is 2. The summed E-state index contributed by atoms with van der Waals surface area (Å²) < 4.78 is 5.47. The van der Waals surface area contributed by atoms with Crippen molar-refractivity contribution in [2.45, 2.75) is 39.0 Å². The molecule has 2 unspecified atom stereocenters. The van der Waals surface area contributed by atoms with E-state index in [9.17, 15) is 0 Å². The fourth-order valence-corrected chi connectivity index (χ4v) is 3.12. The quantitative estimate of drug-likeness (QED) is 0.457. The number of methoxy groups -OCH3 is 1. The molecule has 20 heavy (non-hydrogen) atoms. The van der Waals surface area contributed by atoms with Crippen molar-refractivity contribution in [2.24, 2.45) is 10.4 Å². The monoisotopic (exact) mass is 409 g/mol. The lowest BCUT2D eigenvalue weighted by molar-refractivity contribution is -0.0922. The van der Waals surface area contributed by atoms with Crippen LogP contribution >= 0.6 is 35.3 Å². The molecule has 1 aromatic rings. The molecule has 2 atom stereocenters. The van der Waals surface area contributed by atoms with Gasteiger partial charge in [-0.05, 0) is 17.9 Å². The van der Waals surface area contributed by atoms with E-state index >= 15 is 0 Å². The van der Waals surface area contributed by atoms with Gasteiger partial charge >= 0.3 is 0 Å². The average molecular weight is 409 g/mol. The smallest absolute Gasteiger partial charge is 0.191 e. The van der Waals surface area contributed by atoms with Crippen LogP contribution in [0.15, 0.2) is 22.5 Å². The number of nitrogens with zero attached hydrogens (tertiary/aromatic N) is 1. The van der Waals surface area contributed by atoms with Gasteiger partial charge in [-0.15, -0.1) is 35.3 Å². The maximum Gasteiger partial charge on any atom is 0.191 e. The fourth-order valence-electron chi connectivity index (χ4n) is 2.47. The van der Waals surface area contributed by atoms with E-state index in [2.05, 4.69) is 47.0 Å². The number of nitrogens with one attached hydrogen (secondary N) is 2. The highest BCUT2D eigenvalue weighted by Gasteiger charge is 2.48. The molecule has 1 fully saturated rings. The molecule has 0 aromatic carbocycles. The third kappa shape index (κ3) is 3.85. The van der Waals surface area contributed by atoms with E-state index in [4.69, 9.17) is 4.74 Å². The molecule has 1 heterocycles. The standard InChI is InChI=1S/C14H23N3OS.HI/c1-14(2)11(8-12(14)18-4)17-13(15-3)16-9-10-6-5-7-19-10;/h5-7,11-12H,8-9H2,1-4H3,(H2,15,16,17);1H. The first-order valence-electron chi connectivity index (χ1n) is 6.60. The van der Waals surface area contributed by atoms with Crippen LogP contribution in [0.2, 0.25) is 0 Å². The molecule has 1 aliphatic carbocycles. The van der Waals surface area contributed by atoms with E-state index in [1.54, 1.807) is 18.4 Å². The van der Waals surface area contributed by atoms with Gasteiger partial charge in [-0.3, -0.25) is 4.99 Å². The van der Waals surface area contributed by atoms with E-state index in [1.165, 1.54) is 4.88 Å². The number of ether oxygens (including phenoxy) is 1. The highest BCUT2D eigenvalue weighted by atomic mass is 127. The number of aliphatic imine (C=N–C) groups is 1. The van der Waals surface area contributed by atoms with Gasteiger partial charge in [0.2, 0.25) is 0 Å². The summed E-state index contributed by atoms with van der Waals surface area (Å²) in [6.07, 6.45) is 1.36. The first-order chi connectivity index (χ1) is 9.07. The molecule has 6 heteroatoms. The van der Waals surface area contributed by atoms with Gasteiger partial charge in [-0.25, -0.2) is 0 Å². The van der Waals surface area contributed by atoms with Crippen molar-refractivity contribution in [3.05, 3.63) is 22.4 Å². The lowest BCUT2D eigenvalue weighted by Gasteiger charge is -2.51. The van der Waals surface area contributed by atoms with Crippen molar-refractivity contribution >= 4 is 41.3 Å². The SMILES string of the molecule is CN=C(NCc1cccs1)NC1CC(OC)C1(C)C.I. The van der Waals surface area contributed by atoms with Crippen molar-refractivity contribution in [3.8, 4) is 0 Å². The maximum absolute atomic E-state index is 5.47. The van der Waals surface area contributed by atoms with Crippen LogP contribution in [0.25, 0.3) is 0 Å². The predicted octanol–water partition coefficient (Wildman–Crippen LogP) is 2.84. The van der Waals surface area contributed by atoms with Crippen LogP contribution in [0.4, 0.5) is 0 Å². The van der Waals surface area contributed by atoms with Gasteiger partial charge in [-0.1, -0.05) is 19.9 Å². The van der Waals surface area contributed by atoms with Crippen molar-refractivity contribution < 1.29 is 4.74 Å². The molecule has 2 rings (SSSR count). The molecule has 0 amide bonds. The van der Waals surface area contributed by atoms with Gasteiger partial charge in [0.05, 0.1) is 12.6 Å². The average Bonchev–Trinajstić information content (AvgIpc) is 2.90. The van der Waals surface area contributed by atoms with Crippen LogP contribution in [-0.2, 0) is 11.3 Å². The largest absolute Gasteiger partial charge is 0.381 e. The van der Waals surface area contributed by atoms with E-state index < -0.39 is 0 Å². The second-order valence-electron chi connectivity index (χ2n) is 5.48. The molecule has 114 valence electrons. The third-order valence-electron chi connectivity index (χ3n) is 4.01. The van der Waals surface area contributed by atoms with Crippen molar-refractivity contribution in [2.75, 3.05) is 14.2 Å². The lowest BCUT2D eigenvalue weighted by atomic mass is 9.64. The van der Waals surface area contributed by atoms with Crippen LogP contribution in [0.3, 0.4) is 0 Å². The molecule has 0 radical (unpaired) electrons. The number of guanidine groups is 1. The molecule has 0 aliphatic heterocycles. The Bertz CT molecular complexity index is 434. The maximum atomic E-state index is 5.47. The van der Waals surface area contributed by atoms with Gasteiger partial charge < -0.3 is 15.4 Å². The Morgan fingerprint density at radius 3 is 2.80 bits per heavy atom. The predicted molar refractivity (Wildman–Crippen MR) is 96.1 cm³/mol. The zero-order chi connectivity index (χ0) is 13.9. The molecule has 0 saturated heterocycles. The summed E-state index contributed by atoms with van der Waals surface area (Å²) in [4.78, 5) is 5.59. The Morgan fingerprint density at radius 1 is 1.55 bits per heavy atom. The Hall–Kier alpha value is -0.340. The topological polar surface area (TPSA) is 45.7 Å². The summed E-state index contributed by atoms with van der Waals surface area (Å²) in [5.41, 5.74) is 0.148. The highest BCUT2D eigenvalue weighted by molar-refractivity contribution is 14.0. The molecule has 0 bridgehead atoms. The molecule has 2 N–H and O–H groups in total. The van der Waals surface area contributed by atoms with E-state index in [-0.39, 0.29) is 29.4 Å². The third-order valence-corrected chi connectivity index (χ3v) is 4.88. The summed E-state index contributed by atoms with van der Waals surface area (Å²) in [5, 5.41) is 8.92. The van der Waals surface area contributed by atoms with E-state index in [0.717, 1.165) is 18.9 Å². The van der Waals surface area contributed by atoms with Crippen LogP contribution in [-0.4, -0.2) is 32.3 Å². The first-order valence-corrected chi connectivity index (χ1v) is 7.48. The second kappa shape index (κ2) is 7.61. The minimum atomic E-state index is 0. The zero-order valence-electron chi connectivity index (χ0n) is 12.5. The minimum absolute atomic E-state index is 0. The van der Waals surface area contributed by atoms with Crippen LogP contribution in [0.1, 0.15) is 25.1 Å². The van der Waals surface area contributed by atoms with Gasteiger partial charge in [0.25, 0.3) is 0 Å². The highest BCUT2D eigenvalue weighted by Crippen LogP contribution is 2.42. The van der Waals surface area contributed by atoms with Crippen LogP contribution in [0, 0.1) is 5.41 Å². The van der Waals surface area contributed by atoms with Gasteiger partial charge in [-0.2, -0.15) is 0 Å². The van der Waals surface area contributed by atoms with Crippen LogP contribution in [0.5, 0.6) is 0 Å². The minimum Gasteiger partial charge on any atom is -0.381 e. The molecular weight excluding hydrogens is 385 g/mol. The second-order valence-corrected chi connectivity index (χ2v) is 6.52. The zero-order valence-corrected chi connectivity index (χ0v) is 15.6. The first kappa shape index (κ1) is 17.7. The van der Waals surface area contributed by atoms with Crippen molar-refractivity contribution in [3.63, 3.8) is 0 Å². The molecule has 0 spiro atoms. The van der Waals surface area contributed by atoms with E-state index in [1.807, 2.05) is 7.05 Å². The number of rotatable bonds is 4. The molecule has 1 saturated carbocycles. The van der Waals surface area contributed by atoms with E-state index in [0.29, 0.717) is 12.1 Å². The Kier molecular flexibility index (Phi) is 6.74. The molecule has 1 aliphatic rings. The van der Waals surface area contributed by atoms with Gasteiger partial charge in [0.1, 0.15) is 0 Å². The normalized spacial score (nSPS) is 24.5. The summed E-state index contributed by atoms with van der Waals surface area (Å²) in [7, 11) is 3.59. The molecule has 1 aromatic heterocycles. The lowest BCUT2D eigenvalue weighted by Crippen LogP contribution is -2.63. The summed E-state index contributed by atoms with van der Waals surface area (Å²) in [6.45, 7) is 5.28. The number of halogens is 1. The Balaban J connectivity index is 0.00000200. The summed E-state index contributed by atoms with van der Waals surface area (Å²) >= 11 is 1.75.